The molecule has 2 radical (unpaired) electrons. The number of nitrogens with one attached hydrogen (secondary N) is 1. The summed E-state index contributed by atoms with van der Waals surface area (Å²) in [6, 6.07) is 6.89. The number of benzene rings is 1. The molecule has 0 spiro atoms. The summed E-state index contributed by atoms with van der Waals surface area (Å²) >= 11 is 4.07. The molecular weight excluding hydrogens is 567 g/mol. The number of likely N-dealkylation sites (tertiary alicyclic amines) is 1. The van der Waals surface area contributed by atoms with Gasteiger partial charge in [0, 0.05) is 6.07 Å². The second-order valence-corrected chi connectivity index (χ2v) is 11.7. The summed E-state index contributed by atoms with van der Waals surface area (Å²) in [4.78, 5) is 33.8. The third-order valence-corrected chi connectivity index (χ3v) is 7.99. The number of nitrogens with zero attached hydrogens (tertiary/aromatic N) is 3. The zero-order chi connectivity index (χ0) is 27.4. The van der Waals surface area contributed by atoms with Gasteiger partial charge in [-0.25, -0.2) is 0 Å². The molecule has 0 bridgehead atoms. The van der Waals surface area contributed by atoms with Crippen LogP contribution in [-0.4, -0.2) is 74.1 Å². The van der Waals surface area contributed by atoms with Crippen LogP contribution in [0.5, 0.6) is 5.75 Å². The summed E-state index contributed by atoms with van der Waals surface area (Å²) in [5.74, 6) is -0.0630. The smallest absolute Gasteiger partial charge is 0.0281 e. The van der Waals surface area contributed by atoms with Gasteiger partial charge in [-0.3, -0.25) is 0 Å². The molecule has 202 valence electrons. The first-order valence-electron chi connectivity index (χ1n) is 12.7. The fraction of sp³-hybridized carbons (Fsp3) is 0.481. The number of hydrogen-bond acceptors (Lipinski definition) is 8. The zero-order valence-electron chi connectivity index (χ0n) is 22.0. The minimum absolute atomic E-state index is 0.0751. The van der Waals surface area contributed by atoms with Crippen molar-refractivity contribution in [3.63, 3.8) is 0 Å². The topological polar surface area (TPSA) is 118 Å². The van der Waals surface area contributed by atoms with E-state index >= 15 is 0 Å². The molecule has 38 heavy (non-hydrogen) atoms. The summed E-state index contributed by atoms with van der Waals surface area (Å²) in [6.07, 6.45) is -0.596. The Balaban J connectivity index is 1.50. The Morgan fingerprint density at radius 1 is 1.32 bits per heavy atom. The van der Waals surface area contributed by atoms with E-state index in [1.54, 1.807) is 24.3 Å². The maximum Gasteiger partial charge on any atom is -0.0281 e. The van der Waals surface area contributed by atoms with Crippen LogP contribution in [0.2, 0.25) is 5.21 Å². The van der Waals surface area contributed by atoms with Gasteiger partial charge in [0.1, 0.15) is 5.76 Å². The molecule has 9 nitrogen and oxygen atoms in total. The molecule has 3 atom stereocenters. The molecular formula is C27H33AsN4O5S. The van der Waals surface area contributed by atoms with Gasteiger partial charge >= 0.3 is 182 Å². The predicted octanol–water partition coefficient (Wildman–Crippen LogP) is 3.40. The number of aromatic nitrogens is 2. The summed E-state index contributed by atoms with van der Waals surface area (Å²) in [5.41, 5.74) is 5.31. The van der Waals surface area contributed by atoms with Crippen molar-refractivity contribution < 1.29 is 24.0 Å². The molecule has 1 fully saturated rings. The number of amides is 2. The van der Waals surface area contributed by atoms with E-state index in [1.807, 2.05) is 44.5 Å². The van der Waals surface area contributed by atoms with Gasteiger partial charge in [0.05, 0.1) is 5.69 Å². The van der Waals surface area contributed by atoms with E-state index in [2.05, 4.69) is 32.3 Å². The Kier molecular flexibility index (Phi) is 9.28. The fourth-order valence-corrected chi connectivity index (χ4v) is 5.75. The maximum absolute atomic E-state index is 13.6. The Bertz CT molecular complexity index is 1280. The van der Waals surface area contributed by atoms with Crippen molar-refractivity contribution in [3.05, 3.63) is 52.5 Å². The Morgan fingerprint density at radius 3 is 2.74 bits per heavy atom. The van der Waals surface area contributed by atoms with Gasteiger partial charge < -0.3 is 4.52 Å². The van der Waals surface area contributed by atoms with Gasteiger partial charge in [-0.1, -0.05) is 19.0 Å². The molecule has 0 saturated carbocycles. The summed E-state index contributed by atoms with van der Waals surface area (Å²) in [6.45, 7) is 8.48. The number of rotatable bonds is 10. The minimum Gasteiger partial charge on any atom is -0.360 e. The predicted molar refractivity (Wildman–Crippen MR) is 145 cm³/mol. The van der Waals surface area contributed by atoms with Crippen molar-refractivity contribution in [1.29, 1.82) is 0 Å². The second kappa shape index (κ2) is 12.4. The second-order valence-electron chi connectivity index (χ2n) is 9.87. The van der Waals surface area contributed by atoms with Crippen LogP contribution < -0.4 is 10.1 Å². The molecule has 1 saturated heterocycles. The van der Waals surface area contributed by atoms with E-state index in [0.717, 1.165) is 26.9 Å². The number of aliphatic hydroxyl groups is 1. The van der Waals surface area contributed by atoms with E-state index in [1.165, 1.54) is 4.90 Å². The first kappa shape index (κ1) is 28.3. The van der Waals surface area contributed by atoms with Gasteiger partial charge in [-0.2, -0.15) is 0 Å². The van der Waals surface area contributed by atoms with Crippen LogP contribution in [0.3, 0.4) is 0 Å². The molecule has 1 aromatic carbocycles. The first-order chi connectivity index (χ1) is 18.2. The van der Waals surface area contributed by atoms with Crippen LogP contribution in [-0.2, 0) is 16.1 Å². The van der Waals surface area contributed by atoms with Crippen LogP contribution in [0.4, 0.5) is 0 Å². The number of β-amino-alcohol motifs (C(OH)–C–C–N with tert-alkyl or cyclic N) is 1. The molecule has 0 aliphatic carbocycles. The molecule has 2 aromatic heterocycles. The number of ether oxygens (including phenoxy) is 1. The van der Waals surface area contributed by atoms with Crippen molar-refractivity contribution in [2.24, 2.45) is 5.92 Å². The summed E-state index contributed by atoms with van der Waals surface area (Å²) in [7, 11) is 0. The molecule has 3 heterocycles. The first-order valence-corrected chi connectivity index (χ1v) is 14.9. The van der Waals surface area contributed by atoms with E-state index in [9.17, 15) is 14.7 Å². The minimum atomic E-state index is -0.779. The van der Waals surface area contributed by atoms with Crippen molar-refractivity contribution in [1.82, 2.24) is 20.4 Å². The molecule has 3 aromatic rings. The van der Waals surface area contributed by atoms with Gasteiger partial charge in [-0.05, 0) is 12.8 Å². The number of aliphatic hydroxyl groups excluding tert-OH is 1. The van der Waals surface area contributed by atoms with Gasteiger partial charge in [-0.15, -0.1) is 0 Å². The molecule has 1 aliphatic heterocycles. The fourth-order valence-electron chi connectivity index (χ4n) is 4.76. The van der Waals surface area contributed by atoms with Crippen LogP contribution >= 0.6 is 11.3 Å². The van der Waals surface area contributed by atoms with E-state index < -0.39 is 18.1 Å². The number of aryl methyl sites for hydroxylation is 2. The Labute approximate surface area is 235 Å². The Morgan fingerprint density at radius 2 is 2.11 bits per heavy atom. The van der Waals surface area contributed by atoms with Crippen molar-refractivity contribution in [3.8, 4) is 16.2 Å². The standard InChI is InChI=1S/C27H33AsN4O5S/c1-15(2)24(23-9-16(3)31-37-23)27(35)32-13-20(33)11-21(32)26(34)29-12-19-6-5-18(10-22(19)36-8-7-28)25-17(4)30-14-38-25/h5-6,9-10,14-15,20-21,24,33H,7-8,11-13H2,1-4H3,(H,29,34)/t20-,21+,24?/m1/s1. The Hall–Kier alpha value is -2.68. The van der Waals surface area contributed by atoms with Crippen LogP contribution in [0.15, 0.2) is 34.3 Å². The summed E-state index contributed by atoms with van der Waals surface area (Å²) < 4.78 is 11.4. The van der Waals surface area contributed by atoms with Gasteiger partial charge in [0.25, 0.3) is 0 Å². The van der Waals surface area contributed by atoms with E-state index in [0.29, 0.717) is 23.8 Å². The average Bonchev–Trinajstić information content (AvgIpc) is 3.61. The normalized spacial score (nSPS) is 18.1. The molecule has 11 heteroatoms. The zero-order valence-corrected chi connectivity index (χ0v) is 24.7. The van der Waals surface area contributed by atoms with Crippen molar-refractivity contribution >= 4 is 40.0 Å². The monoisotopic (exact) mass is 600 g/mol. The number of carbonyl (C=O) groups is 2. The largest absolute Gasteiger partial charge is 0.360 e. The quantitative estimate of drug-likeness (QED) is 0.343. The maximum atomic E-state index is 13.6. The number of carbonyl (C=O) groups excluding carboxylic acids is 2. The molecule has 1 aliphatic rings. The van der Waals surface area contributed by atoms with Crippen LogP contribution in [0, 0.1) is 19.8 Å². The SMILES string of the molecule is Cc1cc(C(C(=O)N2C[C@H](O)C[C@H]2C(=O)NCc2ccc(-c3scnc3C)cc2OCC[As])C(C)C)on1. The molecule has 2 N–H and O–H groups in total. The van der Waals surface area contributed by atoms with E-state index in [-0.39, 0.29) is 37.2 Å². The van der Waals surface area contributed by atoms with Gasteiger partial charge in [0.15, 0.2) is 0 Å². The van der Waals surface area contributed by atoms with Crippen molar-refractivity contribution in [2.45, 2.75) is 63.9 Å². The molecule has 2 amide bonds. The van der Waals surface area contributed by atoms with Gasteiger partial charge in [0.2, 0.25) is 0 Å². The third kappa shape index (κ3) is 6.30. The van der Waals surface area contributed by atoms with Crippen LogP contribution in [0.25, 0.3) is 10.4 Å². The van der Waals surface area contributed by atoms with Crippen LogP contribution in [0.1, 0.15) is 48.9 Å². The molecule has 1 unspecified atom stereocenters. The summed E-state index contributed by atoms with van der Waals surface area (Å²) in [5, 5.41) is 18.1. The third-order valence-electron chi connectivity index (χ3n) is 6.63. The number of thiazole rings is 1. The number of hydrogen-bond donors (Lipinski definition) is 2. The molecule has 4 rings (SSSR count). The average molecular weight is 601 g/mol. The van der Waals surface area contributed by atoms with Crippen molar-refractivity contribution in [2.75, 3.05) is 13.2 Å². The van der Waals surface area contributed by atoms with E-state index in [4.69, 9.17) is 9.26 Å².